The molecule has 0 N–H and O–H groups in total. The van der Waals surface area contributed by atoms with E-state index in [0.717, 1.165) is 31.2 Å². The Kier molecular flexibility index (Phi) is 3.49. The molecule has 1 aromatic rings. The van der Waals surface area contributed by atoms with Crippen molar-refractivity contribution in [3.63, 3.8) is 0 Å². The van der Waals surface area contributed by atoms with Crippen LogP contribution in [-0.2, 0) is 25.0 Å². The standard InChI is InChI=1S/C17H21FO4/c1-19-15-16-10-3-2-4-12(16)9-11-17(20-15,22-21-16)13-5-7-14(18)8-6-13/h5-8,12,15H,2-4,9-11H2,1H3/t12-,15?,16+,17+/m0/s1. The molecule has 4 aliphatic rings. The van der Waals surface area contributed by atoms with Gasteiger partial charge in [-0.1, -0.05) is 25.0 Å². The van der Waals surface area contributed by atoms with Gasteiger partial charge in [-0.25, -0.2) is 9.28 Å². The second-order valence-electron chi connectivity index (χ2n) is 6.55. The van der Waals surface area contributed by atoms with Gasteiger partial charge in [-0.3, -0.25) is 0 Å². The first-order valence-electron chi connectivity index (χ1n) is 8.02. The number of hydrogen-bond donors (Lipinski definition) is 0. The van der Waals surface area contributed by atoms with Crippen molar-refractivity contribution >= 4 is 0 Å². The van der Waals surface area contributed by atoms with Crippen molar-refractivity contribution < 1.29 is 23.6 Å². The highest BCUT2D eigenvalue weighted by molar-refractivity contribution is 5.22. The highest BCUT2D eigenvalue weighted by atomic mass is 19.1. The molecule has 1 aromatic carbocycles. The lowest BCUT2D eigenvalue weighted by Crippen LogP contribution is -2.59. The summed E-state index contributed by atoms with van der Waals surface area (Å²) in [5, 5.41) is 0. The molecular formula is C17H21FO4. The quantitative estimate of drug-likeness (QED) is 0.782. The number of halogens is 1. The summed E-state index contributed by atoms with van der Waals surface area (Å²) in [5.74, 6) is -0.910. The third-order valence-corrected chi connectivity index (χ3v) is 5.41. The molecule has 0 aromatic heterocycles. The topological polar surface area (TPSA) is 36.9 Å². The number of rotatable bonds is 2. The maximum atomic E-state index is 13.2. The predicted octanol–water partition coefficient (Wildman–Crippen LogP) is 3.65. The monoisotopic (exact) mass is 308 g/mol. The Balaban J connectivity index is 1.73. The molecule has 1 unspecified atom stereocenters. The molecule has 3 saturated heterocycles. The summed E-state index contributed by atoms with van der Waals surface area (Å²) < 4.78 is 25.1. The third kappa shape index (κ3) is 2.03. The lowest BCUT2D eigenvalue weighted by atomic mass is 9.73. The van der Waals surface area contributed by atoms with Crippen LogP contribution >= 0.6 is 0 Å². The minimum absolute atomic E-state index is 0.279. The fraction of sp³-hybridized carbons (Fsp3) is 0.647. The van der Waals surface area contributed by atoms with Gasteiger partial charge >= 0.3 is 0 Å². The van der Waals surface area contributed by atoms with Gasteiger partial charge in [-0.15, -0.1) is 0 Å². The fourth-order valence-corrected chi connectivity index (χ4v) is 4.20. The van der Waals surface area contributed by atoms with Crippen molar-refractivity contribution in [3.8, 4) is 0 Å². The predicted molar refractivity (Wildman–Crippen MR) is 76.1 cm³/mol. The van der Waals surface area contributed by atoms with Gasteiger partial charge in [-0.05, 0) is 37.3 Å². The minimum Gasteiger partial charge on any atom is -0.353 e. The number of ether oxygens (including phenoxy) is 2. The zero-order chi connectivity index (χ0) is 15.2. The number of fused-ring (bicyclic) bond motifs is 3. The van der Waals surface area contributed by atoms with Gasteiger partial charge in [0.2, 0.25) is 5.79 Å². The zero-order valence-electron chi connectivity index (χ0n) is 12.7. The van der Waals surface area contributed by atoms with Gasteiger partial charge in [0.1, 0.15) is 5.82 Å². The summed E-state index contributed by atoms with van der Waals surface area (Å²) in [5.41, 5.74) is 0.261. The van der Waals surface area contributed by atoms with Crippen LogP contribution in [0.1, 0.15) is 44.1 Å². The van der Waals surface area contributed by atoms with Crippen LogP contribution in [0.3, 0.4) is 0 Å². The van der Waals surface area contributed by atoms with E-state index >= 15 is 0 Å². The van der Waals surface area contributed by atoms with E-state index in [9.17, 15) is 4.39 Å². The van der Waals surface area contributed by atoms with Crippen molar-refractivity contribution in [2.24, 2.45) is 5.92 Å². The molecular weight excluding hydrogens is 287 g/mol. The average molecular weight is 308 g/mol. The highest BCUT2D eigenvalue weighted by Crippen LogP contribution is 2.54. The van der Waals surface area contributed by atoms with Crippen molar-refractivity contribution in [1.82, 2.24) is 0 Å². The first-order chi connectivity index (χ1) is 10.7. The second kappa shape index (κ2) is 5.27. The average Bonchev–Trinajstić information content (AvgIpc) is 2.81. The molecule has 1 aliphatic carbocycles. The number of benzene rings is 1. The van der Waals surface area contributed by atoms with Crippen LogP contribution in [0.5, 0.6) is 0 Å². The van der Waals surface area contributed by atoms with Gasteiger partial charge in [0, 0.05) is 19.1 Å². The maximum absolute atomic E-state index is 13.2. The zero-order valence-corrected chi connectivity index (χ0v) is 12.7. The third-order valence-electron chi connectivity index (χ3n) is 5.41. The summed E-state index contributed by atoms with van der Waals surface area (Å²) in [6.07, 6.45) is 5.46. The molecule has 0 amide bonds. The van der Waals surface area contributed by atoms with Gasteiger partial charge < -0.3 is 9.47 Å². The molecule has 2 bridgehead atoms. The van der Waals surface area contributed by atoms with Crippen LogP contribution in [0.2, 0.25) is 0 Å². The van der Waals surface area contributed by atoms with E-state index in [1.165, 1.54) is 18.6 Å². The first-order valence-corrected chi connectivity index (χ1v) is 8.02. The van der Waals surface area contributed by atoms with Crippen LogP contribution < -0.4 is 0 Å². The normalized spacial score (nSPS) is 41.0. The molecule has 1 spiro atoms. The van der Waals surface area contributed by atoms with Crippen LogP contribution in [0.25, 0.3) is 0 Å². The molecule has 3 aliphatic heterocycles. The SMILES string of the molecule is COC1O[C@]2(c3ccc(F)cc3)CC[C@@H]3CCCC[C@]13OO2. The summed E-state index contributed by atoms with van der Waals surface area (Å²) in [6.45, 7) is 0. The Labute approximate surface area is 129 Å². The summed E-state index contributed by atoms with van der Waals surface area (Å²) >= 11 is 0. The maximum Gasteiger partial charge on any atom is 0.230 e. The Morgan fingerprint density at radius 3 is 2.68 bits per heavy atom. The fourth-order valence-electron chi connectivity index (χ4n) is 4.20. The second-order valence-corrected chi connectivity index (χ2v) is 6.55. The first kappa shape index (κ1) is 14.6. The molecule has 4 nitrogen and oxygen atoms in total. The molecule has 5 heteroatoms. The summed E-state index contributed by atoms with van der Waals surface area (Å²) in [4.78, 5) is 11.7. The van der Waals surface area contributed by atoms with Gasteiger partial charge in [-0.2, -0.15) is 4.89 Å². The van der Waals surface area contributed by atoms with E-state index in [1.54, 1.807) is 19.2 Å². The van der Waals surface area contributed by atoms with Crippen LogP contribution in [0.4, 0.5) is 4.39 Å². The lowest BCUT2D eigenvalue weighted by Gasteiger charge is -2.49. The largest absolute Gasteiger partial charge is 0.353 e. The molecule has 4 atom stereocenters. The van der Waals surface area contributed by atoms with Crippen LogP contribution in [0.15, 0.2) is 24.3 Å². The van der Waals surface area contributed by atoms with E-state index in [4.69, 9.17) is 19.2 Å². The molecule has 1 saturated carbocycles. The molecule has 3 heterocycles. The highest BCUT2D eigenvalue weighted by Gasteiger charge is 2.61. The number of hydrogen-bond acceptors (Lipinski definition) is 4. The molecule has 5 rings (SSSR count). The van der Waals surface area contributed by atoms with Crippen molar-refractivity contribution in [2.75, 3.05) is 7.11 Å². The summed E-state index contributed by atoms with van der Waals surface area (Å²) in [6, 6.07) is 6.22. The molecule has 22 heavy (non-hydrogen) atoms. The lowest BCUT2D eigenvalue weighted by molar-refractivity contribution is -0.558. The smallest absolute Gasteiger partial charge is 0.230 e. The van der Waals surface area contributed by atoms with Crippen molar-refractivity contribution in [1.29, 1.82) is 0 Å². The molecule has 4 fully saturated rings. The Morgan fingerprint density at radius 2 is 1.91 bits per heavy atom. The molecule has 0 radical (unpaired) electrons. The minimum atomic E-state index is -1.00. The van der Waals surface area contributed by atoms with Crippen LogP contribution in [0, 0.1) is 11.7 Å². The Morgan fingerprint density at radius 1 is 1.09 bits per heavy atom. The van der Waals surface area contributed by atoms with Gasteiger partial charge in [0.25, 0.3) is 0 Å². The van der Waals surface area contributed by atoms with Gasteiger partial charge in [0.15, 0.2) is 11.9 Å². The van der Waals surface area contributed by atoms with E-state index in [1.807, 2.05) is 0 Å². The van der Waals surface area contributed by atoms with Crippen LogP contribution in [-0.4, -0.2) is 19.0 Å². The van der Waals surface area contributed by atoms with E-state index in [0.29, 0.717) is 12.3 Å². The van der Waals surface area contributed by atoms with Crippen molar-refractivity contribution in [2.45, 2.75) is 56.2 Å². The van der Waals surface area contributed by atoms with Crippen molar-refractivity contribution in [3.05, 3.63) is 35.6 Å². The van der Waals surface area contributed by atoms with E-state index < -0.39 is 17.7 Å². The summed E-state index contributed by atoms with van der Waals surface area (Å²) in [7, 11) is 1.65. The van der Waals surface area contributed by atoms with E-state index in [-0.39, 0.29) is 5.82 Å². The number of methoxy groups -OCH3 is 1. The molecule has 120 valence electrons. The van der Waals surface area contributed by atoms with E-state index in [2.05, 4.69) is 0 Å². The Bertz CT molecular complexity index is 544. The van der Waals surface area contributed by atoms with Gasteiger partial charge in [0.05, 0.1) is 0 Å². The Hall–Kier alpha value is -1.01.